The quantitative estimate of drug-likeness (QED) is 0.895. The van der Waals surface area contributed by atoms with Gasteiger partial charge < -0.3 is 5.11 Å². The van der Waals surface area contributed by atoms with E-state index in [-0.39, 0.29) is 0 Å². The number of nitrogens with zero attached hydrogens (tertiary/aromatic N) is 2. The molecule has 0 aliphatic carbocycles. The minimum atomic E-state index is -0.400. The first-order valence-corrected chi connectivity index (χ1v) is 8.15. The Morgan fingerprint density at radius 2 is 1.81 bits per heavy atom. The second-order valence-corrected chi connectivity index (χ2v) is 6.54. The van der Waals surface area contributed by atoms with E-state index >= 15 is 0 Å². The maximum atomic E-state index is 10.4. The lowest BCUT2D eigenvalue weighted by Gasteiger charge is -2.12. The van der Waals surface area contributed by atoms with Crippen molar-refractivity contribution in [2.24, 2.45) is 7.05 Å². The molecule has 1 N–H and O–H groups in total. The van der Waals surface area contributed by atoms with Crippen molar-refractivity contribution in [3.8, 4) is 0 Å². The van der Waals surface area contributed by atoms with Gasteiger partial charge >= 0.3 is 0 Å². The molecule has 114 valence electrons. The van der Waals surface area contributed by atoms with Crippen molar-refractivity contribution >= 4 is 15.9 Å². The maximum Gasteiger partial charge on any atom is 0.0766 e. The summed E-state index contributed by atoms with van der Waals surface area (Å²) in [6, 6.07) is 6.44. The smallest absolute Gasteiger partial charge is 0.0766 e. The number of hydrogen-bond acceptors (Lipinski definition) is 2. The standard InChI is InChI=1S/C17H23BrN2O/c1-5-15-17(18)16(20(4)19-15)10-14(21)9-13-7-11(2)6-12(3)8-13/h6-8,14,21H,5,9-10H2,1-4H3. The molecule has 0 amide bonds. The highest BCUT2D eigenvalue weighted by molar-refractivity contribution is 9.10. The molecule has 0 fully saturated rings. The average molecular weight is 351 g/mol. The van der Waals surface area contributed by atoms with Crippen LogP contribution in [0.1, 0.15) is 35.0 Å². The zero-order valence-electron chi connectivity index (χ0n) is 13.2. The minimum Gasteiger partial charge on any atom is -0.392 e. The van der Waals surface area contributed by atoms with Crippen molar-refractivity contribution in [1.29, 1.82) is 0 Å². The van der Waals surface area contributed by atoms with Gasteiger partial charge in [-0.25, -0.2) is 0 Å². The molecule has 1 atom stereocenters. The van der Waals surface area contributed by atoms with E-state index in [1.54, 1.807) is 0 Å². The predicted molar refractivity (Wildman–Crippen MR) is 89.6 cm³/mol. The monoisotopic (exact) mass is 350 g/mol. The molecule has 4 heteroatoms. The van der Waals surface area contributed by atoms with Gasteiger partial charge in [0.1, 0.15) is 0 Å². The lowest BCUT2D eigenvalue weighted by molar-refractivity contribution is 0.172. The Morgan fingerprint density at radius 3 is 2.33 bits per heavy atom. The summed E-state index contributed by atoms with van der Waals surface area (Å²) in [5.74, 6) is 0. The van der Waals surface area contributed by atoms with Crippen LogP contribution in [0.3, 0.4) is 0 Å². The van der Waals surface area contributed by atoms with Gasteiger partial charge in [-0.3, -0.25) is 4.68 Å². The molecule has 3 nitrogen and oxygen atoms in total. The number of halogens is 1. The average Bonchev–Trinajstić information content (AvgIpc) is 2.64. The van der Waals surface area contributed by atoms with Crippen LogP contribution in [-0.4, -0.2) is 21.0 Å². The van der Waals surface area contributed by atoms with Crippen LogP contribution in [0.15, 0.2) is 22.7 Å². The Bertz CT molecular complexity index is 614. The van der Waals surface area contributed by atoms with E-state index in [2.05, 4.69) is 60.0 Å². The zero-order valence-corrected chi connectivity index (χ0v) is 14.7. The molecule has 0 bridgehead atoms. The normalized spacial score (nSPS) is 12.7. The van der Waals surface area contributed by atoms with Gasteiger partial charge in [0.25, 0.3) is 0 Å². The van der Waals surface area contributed by atoms with E-state index in [1.807, 2.05) is 11.7 Å². The fourth-order valence-corrected chi connectivity index (χ4v) is 3.57. The topological polar surface area (TPSA) is 38.0 Å². The highest BCUT2D eigenvalue weighted by atomic mass is 79.9. The molecule has 1 aromatic carbocycles. The SMILES string of the molecule is CCc1nn(C)c(CC(O)Cc2cc(C)cc(C)c2)c1Br. The Morgan fingerprint density at radius 1 is 1.19 bits per heavy atom. The number of aryl methyl sites for hydroxylation is 4. The van der Waals surface area contributed by atoms with Gasteiger partial charge in [0.15, 0.2) is 0 Å². The molecule has 2 aromatic rings. The summed E-state index contributed by atoms with van der Waals surface area (Å²) in [4.78, 5) is 0. The number of hydrogen-bond donors (Lipinski definition) is 1. The molecule has 0 saturated carbocycles. The minimum absolute atomic E-state index is 0.400. The molecule has 21 heavy (non-hydrogen) atoms. The molecule has 0 radical (unpaired) electrons. The van der Waals surface area contributed by atoms with Crippen LogP contribution < -0.4 is 0 Å². The maximum absolute atomic E-state index is 10.4. The van der Waals surface area contributed by atoms with Crippen molar-refractivity contribution in [2.45, 2.75) is 46.1 Å². The number of aliphatic hydroxyl groups is 1. The second kappa shape index (κ2) is 6.75. The van der Waals surface area contributed by atoms with Gasteiger partial charge in [0.2, 0.25) is 0 Å². The zero-order chi connectivity index (χ0) is 15.6. The largest absolute Gasteiger partial charge is 0.392 e. The van der Waals surface area contributed by atoms with Gasteiger partial charge in [-0.2, -0.15) is 5.10 Å². The van der Waals surface area contributed by atoms with Crippen molar-refractivity contribution in [3.05, 3.63) is 50.8 Å². The van der Waals surface area contributed by atoms with Crippen LogP contribution in [-0.2, 0) is 26.3 Å². The molecule has 1 heterocycles. The summed E-state index contributed by atoms with van der Waals surface area (Å²) in [5, 5.41) is 14.9. The Labute approximate surface area is 135 Å². The molecule has 1 unspecified atom stereocenters. The van der Waals surface area contributed by atoms with Crippen molar-refractivity contribution in [1.82, 2.24) is 9.78 Å². The Hall–Kier alpha value is -1.13. The van der Waals surface area contributed by atoms with Gasteiger partial charge in [0.05, 0.1) is 22.0 Å². The van der Waals surface area contributed by atoms with E-state index in [0.29, 0.717) is 12.8 Å². The number of aliphatic hydroxyl groups excluding tert-OH is 1. The van der Waals surface area contributed by atoms with Crippen LogP contribution in [0.2, 0.25) is 0 Å². The van der Waals surface area contributed by atoms with Gasteiger partial charge in [-0.05, 0) is 48.2 Å². The Balaban J connectivity index is 2.11. The van der Waals surface area contributed by atoms with E-state index in [0.717, 1.165) is 22.3 Å². The first-order valence-electron chi connectivity index (χ1n) is 7.36. The lowest BCUT2D eigenvalue weighted by atomic mass is 10.00. The van der Waals surface area contributed by atoms with E-state index in [9.17, 15) is 5.11 Å². The van der Waals surface area contributed by atoms with Gasteiger partial charge in [-0.1, -0.05) is 36.2 Å². The number of benzene rings is 1. The lowest BCUT2D eigenvalue weighted by Crippen LogP contribution is -2.16. The number of aromatic nitrogens is 2. The molecular formula is C17H23BrN2O. The van der Waals surface area contributed by atoms with Crippen molar-refractivity contribution in [3.63, 3.8) is 0 Å². The third-order valence-corrected chi connectivity index (χ3v) is 4.60. The van der Waals surface area contributed by atoms with Crippen LogP contribution in [0.25, 0.3) is 0 Å². The number of rotatable bonds is 5. The summed E-state index contributed by atoms with van der Waals surface area (Å²) < 4.78 is 2.90. The summed E-state index contributed by atoms with van der Waals surface area (Å²) in [7, 11) is 1.93. The Kier molecular flexibility index (Phi) is 5.22. The molecule has 2 rings (SSSR count). The summed E-state index contributed by atoms with van der Waals surface area (Å²) >= 11 is 3.60. The van der Waals surface area contributed by atoms with Crippen molar-refractivity contribution < 1.29 is 5.11 Å². The highest BCUT2D eigenvalue weighted by Crippen LogP contribution is 2.23. The van der Waals surface area contributed by atoms with E-state index < -0.39 is 6.10 Å². The third kappa shape index (κ3) is 3.95. The van der Waals surface area contributed by atoms with Crippen LogP contribution in [0.4, 0.5) is 0 Å². The molecule has 0 saturated heterocycles. The fraction of sp³-hybridized carbons (Fsp3) is 0.471. The highest BCUT2D eigenvalue weighted by Gasteiger charge is 2.16. The fourth-order valence-electron chi connectivity index (χ4n) is 2.80. The summed E-state index contributed by atoms with van der Waals surface area (Å²) in [6.45, 7) is 6.27. The van der Waals surface area contributed by atoms with Crippen molar-refractivity contribution in [2.75, 3.05) is 0 Å². The van der Waals surface area contributed by atoms with Crippen LogP contribution >= 0.6 is 15.9 Å². The first-order chi connectivity index (χ1) is 9.90. The summed E-state index contributed by atoms with van der Waals surface area (Å²) in [5.41, 5.74) is 5.78. The van der Waals surface area contributed by atoms with Gasteiger partial charge in [0, 0.05) is 13.5 Å². The first kappa shape index (κ1) is 16.2. The molecule has 1 aromatic heterocycles. The molecule has 0 spiro atoms. The van der Waals surface area contributed by atoms with Crippen LogP contribution in [0, 0.1) is 13.8 Å². The van der Waals surface area contributed by atoms with E-state index in [1.165, 1.54) is 16.7 Å². The molecule has 0 aliphatic rings. The van der Waals surface area contributed by atoms with Gasteiger partial charge in [-0.15, -0.1) is 0 Å². The molecule has 0 aliphatic heterocycles. The predicted octanol–water partition coefficient (Wildman–Crippen LogP) is 3.51. The van der Waals surface area contributed by atoms with Crippen LogP contribution in [0.5, 0.6) is 0 Å². The molecular weight excluding hydrogens is 328 g/mol. The van der Waals surface area contributed by atoms with E-state index in [4.69, 9.17) is 0 Å². The third-order valence-electron chi connectivity index (χ3n) is 3.68. The second-order valence-electron chi connectivity index (χ2n) is 5.74. The summed E-state index contributed by atoms with van der Waals surface area (Å²) in [6.07, 6.45) is 1.77.